The molecule has 0 spiro atoms. The van der Waals surface area contributed by atoms with Gasteiger partial charge < -0.3 is 9.47 Å². The first-order chi connectivity index (χ1) is 10.2. The molecular formula is C16H22ClNO3. The Hall–Kier alpha value is -1.26. The maximum atomic E-state index is 12.0. The molecular weight excluding hydrogens is 290 g/mol. The second-order valence-electron chi connectivity index (χ2n) is 5.11. The summed E-state index contributed by atoms with van der Waals surface area (Å²) < 4.78 is 10.9. The molecule has 1 aliphatic rings. The zero-order chi connectivity index (χ0) is 15.1. The van der Waals surface area contributed by atoms with Crippen molar-refractivity contribution in [3.05, 3.63) is 29.3 Å². The van der Waals surface area contributed by atoms with Crippen LogP contribution in [0.2, 0.25) is 5.02 Å². The molecule has 1 atom stereocenters. The van der Waals surface area contributed by atoms with E-state index in [1.165, 1.54) is 0 Å². The number of esters is 1. The van der Waals surface area contributed by atoms with Crippen molar-refractivity contribution in [2.45, 2.75) is 32.2 Å². The SMILES string of the molecule is CCOC(=O)C1CCCCN1CCOc1cccc(Cl)c1. The highest BCUT2D eigenvalue weighted by molar-refractivity contribution is 6.30. The summed E-state index contributed by atoms with van der Waals surface area (Å²) in [6.45, 7) is 4.45. The second kappa shape index (κ2) is 8.25. The molecule has 2 rings (SSSR count). The molecule has 1 aromatic rings. The van der Waals surface area contributed by atoms with E-state index in [1.54, 1.807) is 6.07 Å². The molecule has 1 saturated heterocycles. The summed E-state index contributed by atoms with van der Waals surface area (Å²) in [6, 6.07) is 7.23. The van der Waals surface area contributed by atoms with E-state index < -0.39 is 0 Å². The van der Waals surface area contributed by atoms with Gasteiger partial charge in [-0.3, -0.25) is 9.69 Å². The molecule has 1 fully saturated rings. The summed E-state index contributed by atoms with van der Waals surface area (Å²) in [5.41, 5.74) is 0. The molecule has 0 saturated carbocycles. The summed E-state index contributed by atoms with van der Waals surface area (Å²) in [5, 5.41) is 0.662. The largest absolute Gasteiger partial charge is 0.492 e. The minimum atomic E-state index is -0.123. The number of piperidine rings is 1. The van der Waals surface area contributed by atoms with Crippen LogP contribution in [0.1, 0.15) is 26.2 Å². The molecule has 0 aliphatic carbocycles. The van der Waals surface area contributed by atoms with Crippen LogP contribution in [-0.2, 0) is 9.53 Å². The minimum absolute atomic E-state index is 0.111. The standard InChI is InChI=1S/C16H22ClNO3/c1-2-20-16(19)15-8-3-4-9-18(15)10-11-21-14-7-5-6-13(17)12-14/h5-7,12,15H,2-4,8-11H2,1H3. The first-order valence-electron chi connectivity index (χ1n) is 7.49. The Kier molecular flexibility index (Phi) is 6.33. The van der Waals surface area contributed by atoms with Gasteiger partial charge in [0.15, 0.2) is 0 Å². The summed E-state index contributed by atoms with van der Waals surface area (Å²) in [5.74, 6) is 0.646. The number of likely N-dealkylation sites (tertiary alicyclic amines) is 1. The number of carbonyl (C=O) groups excluding carboxylic acids is 1. The maximum Gasteiger partial charge on any atom is 0.323 e. The van der Waals surface area contributed by atoms with Crippen molar-refractivity contribution < 1.29 is 14.3 Å². The summed E-state index contributed by atoms with van der Waals surface area (Å²) in [7, 11) is 0. The Morgan fingerprint density at radius 3 is 3.05 bits per heavy atom. The molecule has 116 valence electrons. The van der Waals surface area contributed by atoms with Gasteiger partial charge in [0.25, 0.3) is 0 Å². The highest BCUT2D eigenvalue weighted by Crippen LogP contribution is 2.19. The van der Waals surface area contributed by atoms with Crippen molar-refractivity contribution in [2.75, 3.05) is 26.3 Å². The summed E-state index contributed by atoms with van der Waals surface area (Å²) >= 11 is 5.92. The van der Waals surface area contributed by atoms with Crippen LogP contribution in [0.15, 0.2) is 24.3 Å². The van der Waals surface area contributed by atoms with Gasteiger partial charge in [-0.2, -0.15) is 0 Å². The highest BCUT2D eigenvalue weighted by Gasteiger charge is 2.29. The second-order valence-corrected chi connectivity index (χ2v) is 5.54. The number of benzene rings is 1. The molecule has 5 heteroatoms. The summed E-state index contributed by atoms with van der Waals surface area (Å²) in [6.07, 6.45) is 3.07. The van der Waals surface area contributed by atoms with Crippen LogP contribution in [0.3, 0.4) is 0 Å². The number of hydrogen-bond donors (Lipinski definition) is 0. The average Bonchev–Trinajstić information content (AvgIpc) is 2.48. The zero-order valence-corrected chi connectivity index (χ0v) is 13.1. The number of rotatable bonds is 6. The van der Waals surface area contributed by atoms with E-state index in [0.29, 0.717) is 18.2 Å². The fourth-order valence-corrected chi connectivity index (χ4v) is 2.78. The molecule has 0 bridgehead atoms. The third-order valence-electron chi connectivity index (χ3n) is 3.62. The zero-order valence-electron chi connectivity index (χ0n) is 12.4. The molecule has 1 unspecified atom stereocenters. The first-order valence-corrected chi connectivity index (χ1v) is 7.87. The number of hydrogen-bond acceptors (Lipinski definition) is 4. The van der Waals surface area contributed by atoms with Gasteiger partial charge in [-0.1, -0.05) is 24.1 Å². The van der Waals surface area contributed by atoms with Gasteiger partial charge in [-0.25, -0.2) is 0 Å². The lowest BCUT2D eigenvalue weighted by atomic mass is 10.0. The first kappa shape index (κ1) is 16.1. The predicted octanol–water partition coefficient (Wildman–Crippen LogP) is 3.14. The van der Waals surface area contributed by atoms with Gasteiger partial charge in [-0.15, -0.1) is 0 Å². The fourth-order valence-electron chi connectivity index (χ4n) is 2.60. The van der Waals surface area contributed by atoms with E-state index in [2.05, 4.69) is 4.90 Å². The lowest BCUT2D eigenvalue weighted by Crippen LogP contribution is -2.47. The molecule has 21 heavy (non-hydrogen) atoms. The third-order valence-corrected chi connectivity index (χ3v) is 3.85. The van der Waals surface area contributed by atoms with E-state index in [-0.39, 0.29) is 12.0 Å². The monoisotopic (exact) mass is 311 g/mol. The normalized spacial score (nSPS) is 19.2. The summed E-state index contributed by atoms with van der Waals surface area (Å²) in [4.78, 5) is 14.1. The van der Waals surface area contributed by atoms with Crippen molar-refractivity contribution in [1.82, 2.24) is 4.90 Å². The lowest BCUT2D eigenvalue weighted by molar-refractivity contribution is -0.151. The topological polar surface area (TPSA) is 38.8 Å². The van der Waals surface area contributed by atoms with Crippen LogP contribution < -0.4 is 4.74 Å². The van der Waals surface area contributed by atoms with Gasteiger partial charge in [-0.05, 0) is 44.5 Å². The smallest absolute Gasteiger partial charge is 0.323 e. The molecule has 0 N–H and O–H groups in total. The maximum absolute atomic E-state index is 12.0. The molecule has 1 aromatic carbocycles. The van der Waals surface area contributed by atoms with E-state index in [1.807, 2.05) is 25.1 Å². The Morgan fingerprint density at radius 2 is 2.29 bits per heavy atom. The number of halogens is 1. The van der Waals surface area contributed by atoms with Gasteiger partial charge in [0, 0.05) is 11.6 Å². The Morgan fingerprint density at radius 1 is 1.43 bits per heavy atom. The Balaban J connectivity index is 1.83. The average molecular weight is 312 g/mol. The quantitative estimate of drug-likeness (QED) is 0.757. The Labute approximate surface area is 131 Å². The van der Waals surface area contributed by atoms with Gasteiger partial charge in [0.05, 0.1) is 6.61 Å². The van der Waals surface area contributed by atoms with Gasteiger partial charge >= 0.3 is 5.97 Å². The van der Waals surface area contributed by atoms with Crippen molar-refractivity contribution >= 4 is 17.6 Å². The van der Waals surface area contributed by atoms with E-state index in [4.69, 9.17) is 21.1 Å². The van der Waals surface area contributed by atoms with Crippen molar-refractivity contribution in [2.24, 2.45) is 0 Å². The van der Waals surface area contributed by atoms with Crippen LogP contribution in [0, 0.1) is 0 Å². The van der Waals surface area contributed by atoms with E-state index in [0.717, 1.165) is 38.1 Å². The molecule has 0 amide bonds. The van der Waals surface area contributed by atoms with Crippen molar-refractivity contribution in [1.29, 1.82) is 0 Å². The number of ether oxygens (including phenoxy) is 2. The van der Waals surface area contributed by atoms with Gasteiger partial charge in [0.1, 0.15) is 18.4 Å². The fraction of sp³-hybridized carbons (Fsp3) is 0.562. The molecule has 4 nitrogen and oxygen atoms in total. The predicted molar refractivity (Wildman–Crippen MR) is 82.8 cm³/mol. The van der Waals surface area contributed by atoms with E-state index in [9.17, 15) is 4.79 Å². The molecule has 0 radical (unpaired) electrons. The number of nitrogens with zero attached hydrogens (tertiary/aromatic N) is 1. The van der Waals surface area contributed by atoms with Crippen molar-refractivity contribution in [3.63, 3.8) is 0 Å². The van der Waals surface area contributed by atoms with Gasteiger partial charge in [0.2, 0.25) is 0 Å². The van der Waals surface area contributed by atoms with Crippen LogP contribution in [0.5, 0.6) is 5.75 Å². The third kappa shape index (κ3) is 4.90. The Bertz CT molecular complexity index is 467. The highest BCUT2D eigenvalue weighted by atomic mass is 35.5. The minimum Gasteiger partial charge on any atom is -0.492 e. The lowest BCUT2D eigenvalue weighted by Gasteiger charge is -2.33. The van der Waals surface area contributed by atoms with Crippen molar-refractivity contribution in [3.8, 4) is 5.75 Å². The van der Waals surface area contributed by atoms with Crippen LogP contribution in [0.4, 0.5) is 0 Å². The molecule has 1 heterocycles. The van der Waals surface area contributed by atoms with E-state index >= 15 is 0 Å². The molecule has 0 aromatic heterocycles. The van der Waals surface area contributed by atoms with Crippen LogP contribution >= 0.6 is 11.6 Å². The van der Waals surface area contributed by atoms with Crippen LogP contribution in [-0.4, -0.2) is 43.2 Å². The van der Waals surface area contributed by atoms with Crippen LogP contribution in [0.25, 0.3) is 0 Å². The number of carbonyl (C=O) groups is 1. The molecule has 1 aliphatic heterocycles.